The van der Waals surface area contributed by atoms with Crippen LogP contribution in [0.4, 0.5) is 8.78 Å². The lowest BCUT2D eigenvalue weighted by molar-refractivity contribution is 0.0459. The minimum atomic E-state index is -2.43. The Morgan fingerprint density at radius 3 is 2.62 bits per heavy atom. The lowest BCUT2D eigenvalue weighted by Crippen LogP contribution is -2.48. The topological polar surface area (TPSA) is 29.3 Å². The largest absolute Gasteiger partial charge is 0.321 e. The van der Waals surface area contributed by atoms with Gasteiger partial charge in [-0.25, -0.2) is 8.78 Å². The van der Waals surface area contributed by atoms with Gasteiger partial charge in [0, 0.05) is 6.04 Å². The summed E-state index contributed by atoms with van der Waals surface area (Å²) in [7, 11) is 1.97. The second-order valence-electron chi connectivity index (χ2n) is 4.29. The van der Waals surface area contributed by atoms with Gasteiger partial charge in [0.05, 0.1) is 5.54 Å². The average Bonchev–Trinajstić information content (AvgIpc) is 2.35. The average molecular weight is 192 g/mol. The van der Waals surface area contributed by atoms with Crippen LogP contribution in [0.25, 0.3) is 0 Å². The van der Waals surface area contributed by atoms with Crippen molar-refractivity contribution in [3.05, 3.63) is 0 Å². The van der Waals surface area contributed by atoms with Crippen molar-refractivity contribution in [1.82, 2.24) is 4.90 Å². The third kappa shape index (κ3) is 2.61. The van der Waals surface area contributed by atoms with Crippen LogP contribution in [0.2, 0.25) is 0 Å². The van der Waals surface area contributed by atoms with Gasteiger partial charge < -0.3 is 10.6 Å². The molecule has 1 aliphatic heterocycles. The smallest absolute Gasteiger partial charge is 0.256 e. The molecule has 1 heterocycles. The van der Waals surface area contributed by atoms with E-state index in [0.717, 1.165) is 19.4 Å². The van der Waals surface area contributed by atoms with Gasteiger partial charge in [-0.2, -0.15) is 0 Å². The molecular formula is C9H18F2N2. The third-order valence-electron chi connectivity index (χ3n) is 2.85. The van der Waals surface area contributed by atoms with Gasteiger partial charge in [0.15, 0.2) is 0 Å². The van der Waals surface area contributed by atoms with E-state index in [1.165, 1.54) is 6.92 Å². The van der Waals surface area contributed by atoms with Gasteiger partial charge in [-0.1, -0.05) is 0 Å². The second-order valence-corrected chi connectivity index (χ2v) is 4.29. The normalized spacial score (nSPS) is 29.5. The highest BCUT2D eigenvalue weighted by molar-refractivity contribution is 4.89. The van der Waals surface area contributed by atoms with Crippen LogP contribution in [-0.2, 0) is 0 Å². The molecule has 0 aromatic heterocycles. The van der Waals surface area contributed by atoms with Crippen molar-refractivity contribution in [2.24, 2.45) is 5.73 Å². The van der Waals surface area contributed by atoms with E-state index >= 15 is 0 Å². The number of nitrogens with two attached hydrogens (primary N) is 1. The first kappa shape index (κ1) is 10.9. The number of alkyl halides is 2. The van der Waals surface area contributed by atoms with E-state index in [1.54, 1.807) is 0 Å². The van der Waals surface area contributed by atoms with E-state index in [1.807, 2.05) is 7.05 Å². The number of likely N-dealkylation sites (tertiary alicyclic amines) is 1. The third-order valence-corrected chi connectivity index (χ3v) is 2.85. The molecule has 2 unspecified atom stereocenters. The first-order valence-corrected chi connectivity index (χ1v) is 4.71. The fraction of sp³-hybridized carbons (Fsp3) is 1.00. The molecular weight excluding hydrogens is 174 g/mol. The van der Waals surface area contributed by atoms with Crippen LogP contribution in [0.1, 0.15) is 26.2 Å². The molecule has 0 aromatic rings. The molecule has 1 fully saturated rings. The Morgan fingerprint density at radius 2 is 2.23 bits per heavy atom. The Labute approximate surface area is 78.1 Å². The van der Waals surface area contributed by atoms with Gasteiger partial charge in [-0.3, -0.25) is 0 Å². The predicted octanol–water partition coefficient (Wildman–Crippen LogP) is 1.45. The SMILES string of the molecule is CN1CCCC1CC(C)(N)C(F)F. The van der Waals surface area contributed by atoms with Gasteiger partial charge in [0.25, 0.3) is 6.43 Å². The minimum absolute atomic E-state index is 0.240. The van der Waals surface area contributed by atoms with Crippen molar-refractivity contribution in [3.63, 3.8) is 0 Å². The molecule has 0 bridgehead atoms. The summed E-state index contributed by atoms with van der Waals surface area (Å²) in [6.07, 6.45) is 0.0546. The van der Waals surface area contributed by atoms with Crippen LogP contribution in [-0.4, -0.2) is 36.5 Å². The van der Waals surface area contributed by atoms with Crippen molar-refractivity contribution in [2.75, 3.05) is 13.6 Å². The van der Waals surface area contributed by atoms with Crippen LogP contribution in [0, 0.1) is 0 Å². The monoisotopic (exact) mass is 192 g/mol. The maximum Gasteiger partial charge on any atom is 0.256 e. The fourth-order valence-electron chi connectivity index (χ4n) is 1.83. The van der Waals surface area contributed by atoms with Crippen LogP contribution in [0.5, 0.6) is 0 Å². The molecule has 1 rings (SSSR count). The number of hydrogen-bond acceptors (Lipinski definition) is 2. The molecule has 2 nitrogen and oxygen atoms in total. The molecule has 1 aliphatic rings. The summed E-state index contributed by atoms with van der Waals surface area (Å²) in [5, 5.41) is 0. The van der Waals surface area contributed by atoms with E-state index < -0.39 is 12.0 Å². The summed E-state index contributed by atoms with van der Waals surface area (Å²) in [5.41, 5.74) is 4.19. The van der Waals surface area contributed by atoms with Crippen LogP contribution >= 0.6 is 0 Å². The van der Waals surface area contributed by atoms with E-state index in [2.05, 4.69) is 4.90 Å². The van der Waals surface area contributed by atoms with Crippen molar-refractivity contribution in [3.8, 4) is 0 Å². The highest BCUT2D eigenvalue weighted by Crippen LogP contribution is 2.26. The molecule has 1 saturated heterocycles. The molecule has 13 heavy (non-hydrogen) atoms. The molecule has 78 valence electrons. The van der Waals surface area contributed by atoms with Crippen molar-refractivity contribution < 1.29 is 8.78 Å². The highest BCUT2D eigenvalue weighted by atomic mass is 19.3. The number of nitrogens with zero attached hydrogens (tertiary/aromatic N) is 1. The van der Waals surface area contributed by atoms with Crippen molar-refractivity contribution in [1.29, 1.82) is 0 Å². The molecule has 0 aromatic carbocycles. The standard InChI is InChI=1S/C9H18F2N2/c1-9(12,8(10)11)6-7-4-3-5-13(7)2/h7-8H,3-6,12H2,1-2H3. The minimum Gasteiger partial charge on any atom is -0.321 e. The molecule has 0 spiro atoms. The Morgan fingerprint density at radius 1 is 1.62 bits per heavy atom. The Bertz CT molecular complexity index is 171. The second kappa shape index (κ2) is 3.88. The summed E-state index contributed by atoms with van der Waals surface area (Å²) < 4.78 is 24.9. The Hall–Kier alpha value is -0.220. The summed E-state index contributed by atoms with van der Waals surface area (Å²) >= 11 is 0. The van der Waals surface area contributed by atoms with Gasteiger partial charge in [0.1, 0.15) is 0 Å². The van der Waals surface area contributed by atoms with Crippen LogP contribution in [0.3, 0.4) is 0 Å². The number of rotatable bonds is 3. The lowest BCUT2D eigenvalue weighted by atomic mass is 9.93. The molecule has 0 aliphatic carbocycles. The zero-order chi connectivity index (χ0) is 10.1. The predicted molar refractivity (Wildman–Crippen MR) is 48.9 cm³/mol. The van der Waals surface area contributed by atoms with Crippen LogP contribution in [0.15, 0.2) is 0 Å². The Balaban J connectivity index is 2.47. The maximum atomic E-state index is 12.4. The number of hydrogen-bond donors (Lipinski definition) is 1. The highest BCUT2D eigenvalue weighted by Gasteiger charge is 2.35. The quantitative estimate of drug-likeness (QED) is 0.733. The van der Waals surface area contributed by atoms with Gasteiger partial charge in [-0.05, 0) is 39.8 Å². The first-order valence-electron chi connectivity index (χ1n) is 4.71. The summed E-state index contributed by atoms with van der Waals surface area (Å²) in [6.45, 7) is 2.44. The van der Waals surface area contributed by atoms with Gasteiger partial charge in [-0.15, -0.1) is 0 Å². The summed E-state index contributed by atoms with van der Waals surface area (Å²) in [4.78, 5) is 2.12. The summed E-state index contributed by atoms with van der Waals surface area (Å²) in [5.74, 6) is 0. The van der Waals surface area contributed by atoms with E-state index in [4.69, 9.17) is 5.73 Å². The van der Waals surface area contributed by atoms with Crippen molar-refractivity contribution in [2.45, 2.75) is 44.2 Å². The lowest BCUT2D eigenvalue weighted by Gasteiger charge is -2.30. The van der Waals surface area contributed by atoms with Crippen LogP contribution < -0.4 is 5.73 Å². The Kier molecular flexibility index (Phi) is 3.24. The molecule has 0 radical (unpaired) electrons. The zero-order valence-electron chi connectivity index (χ0n) is 8.26. The zero-order valence-corrected chi connectivity index (χ0v) is 8.26. The van der Waals surface area contributed by atoms with Gasteiger partial charge >= 0.3 is 0 Å². The molecule has 0 amide bonds. The molecule has 2 N–H and O–H groups in total. The van der Waals surface area contributed by atoms with Crippen molar-refractivity contribution >= 4 is 0 Å². The fourth-order valence-corrected chi connectivity index (χ4v) is 1.83. The first-order chi connectivity index (χ1) is 5.93. The molecule has 2 atom stereocenters. The molecule has 4 heteroatoms. The number of halogens is 2. The van der Waals surface area contributed by atoms with E-state index in [9.17, 15) is 8.78 Å². The van der Waals surface area contributed by atoms with E-state index in [0.29, 0.717) is 6.42 Å². The van der Waals surface area contributed by atoms with Gasteiger partial charge in [0.2, 0.25) is 0 Å². The maximum absolute atomic E-state index is 12.4. The van der Waals surface area contributed by atoms with E-state index in [-0.39, 0.29) is 6.04 Å². The molecule has 0 saturated carbocycles. The summed E-state index contributed by atoms with van der Waals surface area (Å²) in [6, 6.07) is 0.240.